The molecule has 1 N–H and O–H groups in total. The van der Waals surface area contributed by atoms with Gasteiger partial charge in [0.05, 0.1) is 38.0 Å². The van der Waals surface area contributed by atoms with Crippen molar-refractivity contribution in [2.75, 3.05) is 14.2 Å². The molecular formula is C25H26N4O4S. The number of fused-ring (bicyclic) bond motifs is 1. The molecule has 2 aliphatic rings. The number of allylic oxidation sites excluding steroid dienone is 1. The first-order valence-corrected chi connectivity index (χ1v) is 11.8. The van der Waals surface area contributed by atoms with Crippen molar-refractivity contribution < 1.29 is 19.1 Å². The van der Waals surface area contributed by atoms with Crippen molar-refractivity contribution in [1.29, 1.82) is 0 Å². The number of amides is 1. The SMILES string of the molecule is CCC1=C(C(=O)OC)[C@@H](c2cccc(OC)c2)N2C(CC(=O)NCc3ccncc3)=CSC2=N1. The predicted molar refractivity (Wildman–Crippen MR) is 131 cm³/mol. The van der Waals surface area contributed by atoms with Crippen LogP contribution in [0.3, 0.4) is 0 Å². The van der Waals surface area contributed by atoms with E-state index >= 15 is 0 Å². The van der Waals surface area contributed by atoms with Gasteiger partial charge in [0.15, 0.2) is 5.17 Å². The van der Waals surface area contributed by atoms with Crippen molar-refractivity contribution in [2.45, 2.75) is 32.4 Å². The predicted octanol–water partition coefficient (Wildman–Crippen LogP) is 3.93. The Labute approximate surface area is 202 Å². The summed E-state index contributed by atoms with van der Waals surface area (Å²) in [6.45, 7) is 2.37. The number of benzene rings is 1. The van der Waals surface area contributed by atoms with E-state index in [1.807, 2.05) is 53.6 Å². The van der Waals surface area contributed by atoms with Crippen LogP contribution in [-0.4, -0.2) is 41.1 Å². The Hall–Kier alpha value is -3.59. The first-order chi connectivity index (χ1) is 16.5. The number of pyridine rings is 1. The van der Waals surface area contributed by atoms with Crippen LogP contribution in [0.25, 0.3) is 0 Å². The third kappa shape index (κ3) is 4.84. The number of aromatic nitrogens is 1. The van der Waals surface area contributed by atoms with Gasteiger partial charge in [0.1, 0.15) is 5.75 Å². The highest BCUT2D eigenvalue weighted by atomic mass is 32.2. The van der Waals surface area contributed by atoms with Crippen molar-refractivity contribution >= 4 is 28.8 Å². The summed E-state index contributed by atoms with van der Waals surface area (Å²) in [7, 11) is 2.97. The number of aliphatic imine (C=N–C) groups is 1. The molecule has 1 aromatic heterocycles. The zero-order chi connectivity index (χ0) is 24.1. The zero-order valence-corrected chi connectivity index (χ0v) is 20.1. The van der Waals surface area contributed by atoms with Gasteiger partial charge in [-0.2, -0.15) is 0 Å². The largest absolute Gasteiger partial charge is 0.497 e. The van der Waals surface area contributed by atoms with Gasteiger partial charge in [0.25, 0.3) is 0 Å². The van der Waals surface area contributed by atoms with E-state index in [4.69, 9.17) is 14.5 Å². The number of esters is 1. The maximum absolute atomic E-state index is 12.9. The molecule has 9 heteroatoms. The summed E-state index contributed by atoms with van der Waals surface area (Å²) in [6, 6.07) is 10.8. The number of rotatable bonds is 8. The third-order valence-electron chi connectivity index (χ3n) is 5.62. The summed E-state index contributed by atoms with van der Waals surface area (Å²) in [5.74, 6) is 0.112. The van der Waals surface area contributed by atoms with Crippen LogP contribution < -0.4 is 10.1 Å². The van der Waals surface area contributed by atoms with Crippen molar-refractivity contribution in [3.63, 3.8) is 0 Å². The number of thioether (sulfide) groups is 1. The molecule has 0 bridgehead atoms. The first kappa shape index (κ1) is 23.6. The van der Waals surface area contributed by atoms with E-state index in [1.54, 1.807) is 19.5 Å². The second kappa shape index (κ2) is 10.6. The molecule has 0 saturated carbocycles. The monoisotopic (exact) mass is 478 g/mol. The average Bonchev–Trinajstić information content (AvgIpc) is 3.28. The smallest absolute Gasteiger partial charge is 0.338 e. The fourth-order valence-corrected chi connectivity index (χ4v) is 4.91. The molecule has 34 heavy (non-hydrogen) atoms. The Morgan fingerprint density at radius 3 is 2.68 bits per heavy atom. The van der Waals surface area contributed by atoms with Crippen molar-refractivity contribution in [3.8, 4) is 5.75 Å². The fourth-order valence-electron chi connectivity index (χ4n) is 3.97. The Bertz CT molecular complexity index is 1180. The summed E-state index contributed by atoms with van der Waals surface area (Å²) < 4.78 is 10.6. The van der Waals surface area contributed by atoms with Crippen molar-refractivity contribution in [1.82, 2.24) is 15.2 Å². The normalized spacial score (nSPS) is 17.0. The van der Waals surface area contributed by atoms with E-state index in [2.05, 4.69) is 10.3 Å². The van der Waals surface area contributed by atoms with Gasteiger partial charge >= 0.3 is 5.97 Å². The lowest BCUT2D eigenvalue weighted by Crippen LogP contribution is -2.38. The van der Waals surface area contributed by atoms with E-state index in [0.717, 1.165) is 22.0 Å². The van der Waals surface area contributed by atoms with Crippen molar-refractivity contribution in [3.05, 3.63) is 82.3 Å². The summed E-state index contributed by atoms with van der Waals surface area (Å²) >= 11 is 1.45. The highest BCUT2D eigenvalue weighted by Crippen LogP contribution is 2.45. The Balaban J connectivity index is 1.65. The molecule has 1 amide bonds. The topological polar surface area (TPSA) is 93.1 Å². The van der Waals surface area contributed by atoms with Crippen LogP contribution in [-0.2, 0) is 20.9 Å². The number of carbonyl (C=O) groups excluding carboxylic acids is 2. The van der Waals surface area contributed by atoms with E-state index in [1.165, 1.54) is 18.9 Å². The Morgan fingerprint density at radius 2 is 1.97 bits per heavy atom. The molecule has 0 spiro atoms. The summed E-state index contributed by atoms with van der Waals surface area (Å²) in [5, 5.41) is 5.61. The van der Waals surface area contributed by atoms with Gasteiger partial charge in [-0.05, 0) is 47.2 Å². The minimum Gasteiger partial charge on any atom is -0.497 e. The number of nitrogens with one attached hydrogen (secondary N) is 1. The summed E-state index contributed by atoms with van der Waals surface area (Å²) in [6.07, 6.45) is 4.11. The maximum atomic E-state index is 12.9. The molecule has 8 nitrogen and oxygen atoms in total. The van der Waals surface area contributed by atoms with Gasteiger partial charge in [0.2, 0.25) is 5.91 Å². The molecule has 0 radical (unpaired) electrons. The van der Waals surface area contributed by atoms with E-state index in [0.29, 0.717) is 30.0 Å². The molecule has 0 unspecified atom stereocenters. The molecular weight excluding hydrogens is 452 g/mol. The standard InChI is InChI=1S/C25H26N4O4S/c1-4-20-22(24(31)33-3)23(17-6-5-7-19(12-17)32-2)29-18(15-34-25(29)28-20)13-21(30)27-14-16-8-10-26-11-9-16/h5-12,15,23H,4,13-14H2,1-3H3,(H,27,30)/t23-/m1/s1. The number of carbonyl (C=O) groups is 2. The van der Waals surface area contributed by atoms with Gasteiger partial charge < -0.3 is 19.7 Å². The molecule has 1 atom stereocenters. The summed E-state index contributed by atoms with van der Waals surface area (Å²) in [4.78, 5) is 36.4. The summed E-state index contributed by atoms with van der Waals surface area (Å²) in [5.41, 5.74) is 3.72. The molecule has 1 aromatic carbocycles. The van der Waals surface area contributed by atoms with Gasteiger partial charge in [-0.15, -0.1) is 0 Å². The number of methoxy groups -OCH3 is 2. The number of hydrogen-bond donors (Lipinski definition) is 1. The number of ether oxygens (including phenoxy) is 2. The van der Waals surface area contributed by atoms with Crippen LogP contribution in [0.4, 0.5) is 0 Å². The highest BCUT2D eigenvalue weighted by molar-refractivity contribution is 8.16. The van der Waals surface area contributed by atoms with Crippen molar-refractivity contribution in [2.24, 2.45) is 4.99 Å². The lowest BCUT2D eigenvalue weighted by molar-refractivity contribution is -0.136. The molecule has 3 heterocycles. The minimum absolute atomic E-state index is 0.126. The van der Waals surface area contributed by atoms with Gasteiger partial charge in [-0.1, -0.05) is 30.8 Å². The molecule has 2 aromatic rings. The molecule has 2 aliphatic heterocycles. The van der Waals surface area contributed by atoms with E-state index in [-0.39, 0.29) is 12.3 Å². The van der Waals surface area contributed by atoms with Crippen LogP contribution in [0.15, 0.2) is 76.2 Å². The molecule has 4 rings (SSSR count). The van der Waals surface area contributed by atoms with Gasteiger partial charge in [0, 0.05) is 24.6 Å². The lowest BCUT2D eigenvalue weighted by atomic mass is 9.92. The fraction of sp³-hybridized carbons (Fsp3) is 0.280. The number of nitrogens with zero attached hydrogens (tertiary/aromatic N) is 3. The van der Waals surface area contributed by atoms with Crippen LogP contribution >= 0.6 is 11.8 Å². The quantitative estimate of drug-likeness (QED) is 0.575. The van der Waals surface area contributed by atoms with Crippen LogP contribution in [0.1, 0.15) is 36.9 Å². The Morgan fingerprint density at radius 1 is 1.18 bits per heavy atom. The third-order valence-corrected chi connectivity index (χ3v) is 6.51. The van der Waals surface area contributed by atoms with E-state index in [9.17, 15) is 9.59 Å². The molecule has 0 fully saturated rings. The average molecular weight is 479 g/mol. The highest BCUT2D eigenvalue weighted by Gasteiger charge is 2.41. The first-order valence-electron chi connectivity index (χ1n) is 10.9. The second-order valence-electron chi connectivity index (χ2n) is 7.69. The van der Waals surface area contributed by atoms with Crippen LogP contribution in [0.2, 0.25) is 0 Å². The molecule has 176 valence electrons. The minimum atomic E-state index is -0.487. The molecule has 0 aliphatic carbocycles. The lowest BCUT2D eigenvalue weighted by Gasteiger charge is -2.36. The van der Waals surface area contributed by atoms with E-state index < -0.39 is 12.0 Å². The zero-order valence-electron chi connectivity index (χ0n) is 19.3. The molecule has 0 saturated heterocycles. The van der Waals surface area contributed by atoms with Gasteiger partial charge in [-0.3, -0.25) is 9.78 Å². The second-order valence-corrected chi connectivity index (χ2v) is 8.52. The number of amidine groups is 1. The van der Waals surface area contributed by atoms with Crippen LogP contribution in [0, 0.1) is 0 Å². The maximum Gasteiger partial charge on any atom is 0.338 e. The number of hydrogen-bond acceptors (Lipinski definition) is 8. The van der Waals surface area contributed by atoms with Crippen LogP contribution in [0.5, 0.6) is 5.75 Å². The van der Waals surface area contributed by atoms with Gasteiger partial charge in [-0.25, -0.2) is 9.79 Å². The Kier molecular flexibility index (Phi) is 7.32.